The maximum absolute atomic E-state index is 11.3. The summed E-state index contributed by atoms with van der Waals surface area (Å²) in [5.74, 6) is 0.188. The van der Waals surface area contributed by atoms with Gasteiger partial charge in [-0.25, -0.2) is 0 Å². The summed E-state index contributed by atoms with van der Waals surface area (Å²) >= 11 is 0. The molecule has 1 amide bonds. The second kappa shape index (κ2) is 5.21. The van der Waals surface area contributed by atoms with Gasteiger partial charge in [0.2, 0.25) is 5.91 Å². The Balaban J connectivity index is 2.07. The van der Waals surface area contributed by atoms with Crippen molar-refractivity contribution in [1.29, 1.82) is 0 Å². The van der Waals surface area contributed by atoms with Gasteiger partial charge in [0.25, 0.3) is 0 Å². The van der Waals surface area contributed by atoms with Crippen molar-refractivity contribution >= 4 is 11.6 Å². The minimum absolute atomic E-state index is 0.188. The number of hydrogen-bond acceptors (Lipinski definition) is 2. The first-order chi connectivity index (χ1) is 8.22. The minimum Gasteiger partial charge on any atom is -0.368 e. The quantitative estimate of drug-likeness (QED) is 0.777. The summed E-state index contributed by atoms with van der Waals surface area (Å²) in [6, 6.07) is 8.55. The van der Waals surface area contributed by atoms with Crippen LogP contribution >= 0.6 is 0 Å². The van der Waals surface area contributed by atoms with Crippen LogP contribution in [0.4, 0.5) is 5.69 Å². The Morgan fingerprint density at radius 3 is 2.41 bits per heavy atom. The van der Waals surface area contributed by atoms with Gasteiger partial charge in [-0.05, 0) is 18.1 Å². The molecule has 1 aromatic carbocycles. The average Bonchev–Trinajstić information content (AvgIpc) is 2.39. The molecule has 0 bridgehead atoms. The molecule has 0 atom stereocenters. The van der Waals surface area contributed by atoms with Gasteiger partial charge in [0.15, 0.2) is 0 Å². The molecule has 0 saturated carbocycles. The van der Waals surface area contributed by atoms with Crippen LogP contribution in [0.1, 0.15) is 19.4 Å². The van der Waals surface area contributed by atoms with E-state index in [9.17, 15) is 4.79 Å². The number of nitrogens with zero attached hydrogens (tertiary/aromatic N) is 2. The monoisotopic (exact) mass is 232 g/mol. The molecule has 1 aromatic rings. The van der Waals surface area contributed by atoms with E-state index in [1.165, 1.54) is 11.3 Å². The fourth-order valence-electron chi connectivity index (χ4n) is 2.38. The molecular formula is C14H20N2O. The number of rotatable bonds is 2. The average molecular weight is 232 g/mol. The largest absolute Gasteiger partial charge is 0.368 e. The first-order valence-electron chi connectivity index (χ1n) is 6.30. The first-order valence-corrected chi connectivity index (χ1v) is 6.30. The van der Waals surface area contributed by atoms with Crippen molar-refractivity contribution in [3.8, 4) is 0 Å². The van der Waals surface area contributed by atoms with Crippen molar-refractivity contribution in [3.63, 3.8) is 0 Å². The molecule has 2 rings (SSSR count). The van der Waals surface area contributed by atoms with Gasteiger partial charge in [-0.2, -0.15) is 0 Å². The van der Waals surface area contributed by atoms with Gasteiger partial charge < -0.3 is 9.80 Å². The third kappa shape index (κ3) is 2.60. The van der Waals surface area contributed by atoms with Gasteiger partial charge in [-0.3, -0.25) is 4.79 Å². The lowest BCUT2D eigenvalue weighted by Crippen LogP contribution is -2.48. The van der Waals surface area contributed by atoms with Gasteiger partial charge in [-0.1, -0.05) is 25.1 Å². The number of piperazine rings is 1. The summed E-state index contributed by atoms with van der Waals surface area (Å²) in [6.45, 7) is 7.40. The molecule has 0 N–H and O–H groups in total. The maximum atomic E-state index is 11.3. The molecule has 1 aliphatic heterocycles. The summed E-state index contributed by atoms with van der Waals surface area (Å²) in [4.78, 5) is 15.6. The molecule has 0 aliphatic carbocycles. The highest BCUT2D eigenvalue weighted by Crippen LogP contribution is 2.22. The van der Waals surface area contributed by atoms with Crippen LogP contribution in [0, 0.1) is 0 Å². The number of para-hydroxylation sites is 1. The van der Waals surface area contributed by atoms with Gasteiger partial charge in [-0.15, -0.1) is 0 Å². The van der Waals surface area contributed by atoms with Crippen LogP contribution in [0.25, 0.3) is 0 Å². The molecule has 92 valence electrons. The highest BCUT2D eigenvalue weighted by molar-refractivity contribution is 5.73. The summed E-state index contributed by atoms with van der Waals surface area (Å²) in [6.07, 6.45) is 1.06. The van der Waals surface area contributed by atoms with E-state index in [0.717, 1.165) is 32.6 Å². The van der Waals surface area contributed by atoms with Gasteiger partial charge >= 0.3 is 0 Å². The third-order valence-corrected chi connectivity index (χ3v) is 3.44. The Morgan fingerprint density at radius 1 is 1.18 bits per heavy atom. The second-order valence-electron chi connectivity index (χ2n) is 4.48. The number of hydrogen-bond donors (Lipinski definition) is 0. The zero-order valence-electron chi connectivity index (χ0n) is 10.6. The molecule has 3 nitrogen and oxygen atoms in total. The highest BCUT2D eigenvalue weighted by atomic mass is 16.2. The van der Waals surface area contributed by atoms with Crippen LogP contribution in [0.3, 0.4) is 0 Å². The predicted molar refractivity (Wildman–Crippen MR) is 70.3 cm³/mol. The van der Waals surface area contributed by atoms with E-state index in [2.05, 4.69) is 36.1 Å². The number of aryl methyl sites for hydroxylation is 1. The molecule has 0 aromatic heterocycles. The van der Waals surface area contributed by atoms with Crippen molar-refractivity contribution in [2.24, 2.45) is 0 Å². The molecule has 1 aliphatic rings. The molecule has 0 spiro atoms. The van der Waals surface area contributed by atoms with Crippen molar-refractivity contribution in [3.05, 3.63) is 29.8 Å². The summed E-state index contributed by atoms with van der Waals surface area (Å²) in [7, 11) is 0. The van der Waals surface area contributed by atoms with Crippen molar-refractivity contribution < 1.29 is 4.79 Å². The molecule has 0 unspecified atom stereocenters. The molecule has 0 radical (unpaired) electrons. The minimum atomic E-state index is 0.188. The Hall–Kier alpha value is -1.51. The van der Waals surface area contributed by atoms with Crippen molar-refractivity contribution in [2.45, 2.75) is 20.3 Å². The highest BCUT2D eigenvalue weighted by Gasteiger charge is 2.19. The van der Waals surface area contributed by atoms with Crippen LogP contribution in [0.15, 0.2) is 24.3 Å². The SMILES string of the molecule is CCc1ccccc1N1CCN(C(C)=O)CC1. The zero-order chi connectivity index (χ0) is 12.3. The fraction of sp³-hybridized carbons (Fsp3) is 0.500. The second-order valence-corrected chi connectivity index (χ2v) is 4.48. The fourth-order valence-corrected chi connectivity index (χ4v) is 2.38. The van der Waals surface area contributed by atoms with E-state index in [4.69, 9.17) is 0 Å². The summed E-state index contributed by atoms with van der Waals surface area (Å²) in [5.41, 5.74) is 2.72. The molecule has 1 saturated heterocycles. The van der Waals surface area contributed by atoms with E-state index in [1.807, 2.05) is 4.90 Å². The Morgan fingerprint density at radius 2 is 1.82 bits per heavy atom. The number of carbonyl (C=O) groups is 1. The summed E-state index contributed by atoms with van der Waals surface area (Å²) < 4.78 is 0. The lowest BCUT2D eigenvalue weighted by Gasteiger charge is -2.36. The van der Waals surface area contributed by atoms with Crippen LogP contribution in [-0.2, 0) is 11.2 Å². The molecule has 1 fully saturated rings. The lowest BCUT2D eigenvalue weighted by atomic mass is 10.1. The third-order valence-electron chi connectivity index (χ3n) is 3.44. The van der Waals surface area contributed by atoms with E-state index < -0.39 is 0 Å². The number of anilines is 1. The standard InChI is InChI=1S/C14H20N2O/c1-3-13-6-4-5-7-14(13)16-10-8-15(9-11-16)12(2)17/h4-7H,3,8-11H2,1-2H3. The lowest BCUT2D eigenvalue weighted by molar-refractivity contribution is -0.129. The van der Waals surface area contributed by atoms with Gasteiger partial charge in [0.05, 0.1) is 0 Å². The smallest absolute Gasteiger partial charge is 0.219 e. The molecule has 17 heavy (non-hydrogen) atoms. The topological polar surface area (TPSA) is 23.6 Å². The van der Waals surface area contributed by atoms with Gasteiger partial charge in [0, 0.05) is 38.8 Å². The van der Waals surface area contributed by atoms with E-state index in [0.29, 0.717) is 0 Å². The van der Waals surface area contributed by atoms with Crippen LogP contribution < -0.4 is 4.90 Å². The van der Waals surface area contributed by atoms with Crippen LogP contribution in [0.5, 0.6) is 0 Å². The van der Waals surface area contributed by atoms with Crippen LogP contribution in [0.2, 0.25) is 0 Å². The van der Waals surface area contributed by atoms with E-state index >= 15 is 0 Å². The van der Waals surface area contributed by atoms with E-state index in [1.54, 1.807) is 6.92 Å². The normalized spacial score (nSPS) is 16.1. The van der Waals surface area contributed by atoms with Crippen LogP contribution in [-0.4, -0.2) is 37.0 Å². The van der Waals surface area contributed by atoms with Gasteiger partial charge in [0.1, 0.15) is 0 Å². The number of carbonyl (C=O) groups excluding carboxylic acids is 1. The van der Waals surface area contributed by atoms with Crippen molar-refractivity contribution in [1.82, 2.24) is 4.90 Å². The zero-order valence-corrected chi connectivity index (χ0v) is 10.6. The molecule has 3 heteroatoms. The first kappa shape index (κ1) is 12.0. The Labute approximate surface area is 103 Å². The number of amides is 1. The number of benzene rings is 1. The van der Waals surface area contributed by atoms with E-state index in [-0.39, 0.29) is 5.91 Å². The molecule has 1 heterocycles. The molecular weight excluding hydrogens is 212 g/mol. The Kier molecular flexibility index (Phi) is 3.67. The maximum Gasteiger partial charge on any atom is 0.219 e. The van der Waals surface area contributed by atoms with Crippen molar-refractivity contribution in [2.75, 3.05) is 31.1 Å². The predicted octanol–water partition coefficient (Wildman–Crippen LogP) is 1.92. The summed E-state index contributed by atoms with van der Waals surface area (Å²) in [5, 5.41) is 0. The Bertz CT molecular complexity index is 395.